The number of aryl methyl sites for hydroxylation is 1. The number of pyridine rings is 1. The molecule has 2 heteroatoms. The van der Waals surface area contributed by atoms with Crippen LogP contribution in [-0.2, 0) is 6.42 Å². The highest BCUT2D eigenvalue weighted by molar-refractivity contribution is 5.92. The summed E-state index contributed by atoms with van der Waals surface area (Å²) in [5.41, 5.74) is 11.8. The number of nitrogens with two attached hydrogens (primary N) is 1. The van der Waals surface area contributed by atoms with E-state index in [1.807, 2.05) is 0 Å². The number of nitrogen functional groups attached to an aromatic ring is 1. The summed E-state index contributed by atoms with van der Waals surface area (Å²) >= 11 is 0. The Morgan fingerprint density at radius 2 is 2.00 bits per heavy atom. The van der Waals surface area contributed by atoms with Gasteiger partial charge in [0.2, 0.25) is 0 Å². The van der Waals surface area contributed by atoms with E-state index in [1.165, 1.54) is 5.56 Å². The van der Waals surface area contributed by atoms with Crippen molar-refractivity contribution in [2.24, 2.45) is 0 Å². The second kappa shape index (κ2) is 4.97. The van der Waals surface area contributed by atoms with Crippen LogP contribution < -0.4 is 5.73 Å². The first-order valence-electron chi connectivity index (χ1n) is 6.77. The molecule has 1 atom stereocenters. The quantitative estimate of drug-likeness (QED) is 0.876. The van der Waals surface area contributed by atoms with Gasteiger partial charge in [0, 0.05) is 16.8 Å². The second-order valence-corrected chi connectivity index (χ2v) is 5.04. The Morgan fingerprint density at radius 3 is 2.61 bits per heavy atom. The van der Waals surface area contributed by atoms with Gasteiger partial charge in [-0.2, -0.15) is 0 Å². The fraction of sp³-hybridized carbons (Fsp3) is 0.438. The minimum absolute atomic E-state index is 0.569. The van der Waals surface area contributed by atoms with Crippen LogP contribution in [0.3, 0.4) is 0 Å². The van der Waals surface area contributed by atoms with Crippen LogP contribution in [-0.4, -0.2) is 4.98 Å². The average Bonchev–Trinajstić information content (AvgIpc) is 2.41. The van der Waals surface area contributed by atoms with Gasteiger partial charge >= 0.3 is 0 Å². The largest absolute Gasteiger partial charge is 0.398 e. The Labute approximate surface area is 109 Å². The number of benzene rings is 1. The zero-order valence-corrected chi connectivity index (χ0v) is 11.7. The molecule has 0 amide bonds. The van der Waals surface area contributed by atoms with E-state index in [4.69, 9.17) is 10.7 Å². The van der Waals surface area contributed by atoms with Gasteiger partial charge in [-0.15, -0.1) is 0 Å². The molecule has 1 heterocycles. The van der Waals surface area contributed by atoms with Gasteiger partial charge in [0.25, 0.3) is 0 Å². The molecule has 0 aliphatic rings. The van der Waals surface area contributed by atoms with Crippen molar-refractivity contribution in [1.82, 2.24) is 4.98 Å². The Hall–Kier alpha value is -1.57. The highest BCUT2D eigenvalue weighted by Gasteiger charge is 2.10. The Balaban J connectivity index is 2.67. The molecule has 2 nitrogen and oxygen atoms in total. The first kappa shape index (κ1) is 12.9. The van der Waals surface area contributed by atoms with Crippen LogP contribution in [0.2, 0.25) is 0 Å². The maximum atomic E-state index is 6.27. The van der Waals surface area contributed by atoms with Crippen LogP contribution in [0.1, 0.15) is 49.9 Å². The highest BCUT2D eigenvalue weighted by Crippen LogP contribution is 2.29. The summed E-state index contributed by atoms with van der Waals surface area (Å²) in [6.07, 6.45) is 2.07. The lowest BCUT2D eigenvalue weighted by Gasteiger charge is -2.13. The number of hydrogen-bond acceptors (Lipinski definition) is 2. The molecular weight excluding hydrogens is 220 g/mol. The first-order chi connectivity index (χ1) is 8.58. The smallest absolute Gasteiger partial charge is 0.0726 e. The zero-order chi connectivity index (χ0) is 13.3. The van der Waals surface area contributed by atoms with Crippen molar-refractivity contribution in [3.63, 3.8) is 0 Å². The maximum absolute atomic E-state index is 6.27. The van der Waals surface area contributed by atoms with Crippen LogP contribution in [0.15, 0.2) is 18.2 Å². The number of nitrogens with zero attached hydrogens (tertiary/aromatic N) is 1. The number of hydrogen-bond donors (Lipinski definition) is 1. The Kier molecular flexibility index (Phi) is 3.55. The van der Waals surface area contributed by atoms with E-state index in [0.717, 1.165) is 40.7 Å². The molecule has 18 heavy (non-hydrogen) atoms. The topological polar surface area (TPSA) is 38.9 Å². The molecule has 0 spiro atoms. The molecule has 0 saturated heterocycles. The molecule has 0 aliphatic carbocycles. The molecule has 0 aliphatic heterocycles. The molecule has 2 N–H and O–H groups in total. The van der Waals surface area contributed by atoms with Crippen molar-refractivity contribution in [3.05, 3.63) is 35.0 Å². The van der Waals surface area contributed by atoms with E-state index in [9.17, 15) is 0 Å². The summed E-state index contributed by atoms with van der Waals surface area (Å²) in [6.45, 7) is 8.64. The Bertz CT molecular complexity index is 573. The van der Waals surface area contributed by atoms with Gasteiger partial charge in [0.1, 0.15) is 0 Å². The predicted molar refractivity (Wildman–Crippen MR) is 79.0 cm³/mol. The molecule has 0 fully saturated rings. The fourth-order valence-electron chi connectivity index (χ4n) is 2.34. The second-order valence-electron chi connectivity index (χ2n) is 5.04. The lowest BCUT2D eigenvalue weighted by atomic mass is 9.95. The maximum Gasteiger partial charge on any atom is 0.0726 e. The van der Waals surface area contributed by atoms with Crippen molar-refractivity contribution >= 4 is 16.6 Å². The summed E-state index contributed by atoms with van der Waals surface area (Å²) in [5, 5.41) is 1.10. The van der Waals surface area contributed by atoms with Gasteiger partial charge in [-0.25, -0.2) is 0 Å². The monoisotopic (exact) mass is 242 g/mol. The standard InChI is InChI=1S/C16H22N2/c1-5-10(3)12-7-8-15-13(9-12)16(17)11(4)14(6-2)18-15/h7-10H,5-6H2,1-4H3,(H2,17,18). The first-order valence-corrected chi connectivity index (χ1v) is 6.77. The van der Waals surface area contributed by atoms with Crippen LogP contribution in [0.25, 0.3) is 10.9 Å². The third-order valence-electron chi connectivity index (χ3n) is 3.92. The lowest BCUT2D eigenvalue weighted by molar-refractivity contribution is 0.734. The molecule has 0 radical (unpaired) electrons. The van der Waals surface area contributed by atoms with Gasteiger partial charge < -0.3 is 5.73 Å². The number of fused-ring (bicyclic) bond motifs is 1. The summed E-state index contributed by atoms with van der Waals surface area (Å²) in [7, 11) is 0. The van der Waals surface area contributed by atoms with E-state index in [2.05, 4.69) is 45.9 Å². The SMILES string of the molecule is CCc1nc2ccc(C(C)CC)cc2c(N)c1C. The Morgan fingerprint density at radius 1 is 1.28 bits per heavy atom. The summed E-state index contributed by atoms with van der Waals surface area (Å²) in [4.78, 5) is 4.70. The van der Waals surface area contributed by atoms with E-state index >= 15 is 0 Å². The fourth-order valence-corrected chi connectivity index (χ4v) is 2.34. The van der Waals surface area contributed by atoms with Crippen LogP contribution >= 0.6 is 0 Å². The van der Waals surface area contributed by atoms with Crippen molar-refractivity contribution in [3.8, 4) is 0 Å². The average molecular weight is 242 g/mol. The molecule has 2 rings (SSSR count). The zero-order valence-electron chi connectivity index (χ0n) is 11.7. The normalized spacial score (nSPS) is 12.9. The number of anilines is 1. The number of rotatable bonds is 3. The minimum atomic E-state index is 0.569. The van der Waals surface area contributed by atoms with Gasteiger partial charge in [-0.05, 0) is 48.9 Å². The highest BCUT2D eigenvalue weighted by atomic mass is 14.7. The number of aromatic nitrogens is 1. The van der Waals surface area contributed by atoms with Crippen LogP contribution in [0.4, 0.5) is 5.69 Å². The lowest BCUT2D eigenvalue weighted by Crippen LogP contribution is -2.01. The third kappa shape index (κ3) is 2.07. The van der Waals surface area contributed by atoms with Crippen molar-refractivity contribution in [2.45, 2.75) is 46.5 Å². The van der Waals surface area contributed by atoms with Crippen LogP contribution in [0.5, 0.6) is 0 Å². The van der Waals surface area contributed by atoms with Crippen molar-refractivity contribution < 1.29 is 0 Å². The van der Waals surface area contributed by atoms with Gasteiger partial charge in [-0.1, -0.05) is 26.8 Å². The van der Waals surface area contributed by atoms with E-state index in [1.54, 1.807) is 0 Å². The molecule has 1 unspecified atom stereocenters. The molecule has 0 bridgehead atoms. The van der Waals surface area contributed by atoms with Gasteiger partial charge in [0.15, 0.2) is 0 Å². The summed E-state index contributed by atoms with van der Waals surface area (Å²) in [5.74, 6) is 0.569. The minimum Gasteiger partial charge on any atom is -0.398 e. The molecule has 0 saturated carbocycles. The van der Waals surface area contributed by atoms with Gasteiger partial charge in [-0.3, -0.25) is 4.98 Å². The molecule has 96 valence electrons. The predicted octanol–water partition coefficient (Wildman–Crippen LogP) is 4.20. The summed E-state index contributed by atoms with van der Waals surface area (Å²) < 4.78 is 0. The van der Waals surface area contributed by atoms with E-state index in [0.29, 0.717) is 5.92 Å². The van der Waals surface area contributed by atoms with Crippen LogP contribution in [0, 0.1) is 6.92 Å². The van der Waals surface area contributed by atoms with Crippen molar-refractivity contribution in [2.75, 3.05) is 5.73 Å². The summed E-state index contributed by atoms with van der Waals surface area (Å²) in [6, 6.07) is 6.49. The van der Waals surface area contributed by atoms with E-state index in [-0.39, 0.29) is 0 Å². The van der Waals surface area contributed by atoms with Crippen molar-refractivity contribution in [1.29, 1.82) is 0 Å². The molecule has 2 aromatic rings. The molecule has 1 aromatic heterocycles. The molecular formula is C16H22N2. The third-order valence-corrected chi connectivity index (χ3v) is 3.92. The van der Waals surface area contributed by atoms with Gasteiger partial charge in [0.05, 0.1) is 5.52 Å². The van der Waals surface area contributed by atoms with E-state index < -0.39 is 0 Å². The molecule has 1 aromatic carbocycles.